The van der Waals surface area contributed by atoms with Crippen molar-refractivity contribution in [2.75, 3.05) is 6.61 Å². The Bertz CT molecular complexity index is 239. The summed E-state index contributed by atoms with van der Waals surface area (Å²) in [6.07, 6.45) is 7.12. The first-order chi connectivity index (χ1) is 6.43. The number of aliphatic hydroxyl groups is 1. The van der Waals surface area contributed by atoms with E-state index in [9.17, 15) is 0 Å². The van der Waals surface area contributed by atoms with E-state index < -0.39 is 0 Å². The van der Waals surface area contributed by atoms with Crippen molar-refractivity contribution in [2.45, 2.75) is 19.3 Å². The van der Waals surface area contributed by atoms with Crippen LogP contribution in [0.1, 0.15) is 18.4 Å². The van der Waals surface area contributed by atoms with Gasteiger partial charge in [0, 0.05) is 6.61 Å². The third-order valence-electron chi connectivity index (χ3n) is 1.89. The zero-order valence-corrected chi connectivity index (χ0v) is 7.82. The Hall–Kier alpha value is -1.08. The minimum atomic E-state index is 0.287. The van der Waals surface area contributed by atoms with Crippen LogP contribution in [0.3, 0.4) is 0 Å². The van der Waals surface area contributed by atoms with E-state index in [0.717, 1.165) is 19.3 Å². The summed E-state index contributed by atoms with van der Waals surface area (Å²) in [6.45, 7) is 0.287. The molecule has 0 aliphatic heterocycles. The zero-order valence-electron chi connectivity index (χ0n) is 7.82. The largest absolute Gasteiger partial charge is 0.396 e. The van der Waals surface area contributed by atoms with Crippen LogP contribution in [-0.4, -0.2) is 11.7 Å². The molecule has 0 heterocycles. The molecule has 1 aromatic carbocycles. The van der Waals surface area contributed by atoms with Gasteiger partial charge in [-0.15, -0.1) is 0 Å². The Kier molecular flexibility index (Phi) is 4.95. The van der Waals surface area contributed by atoms with E-state index in [0.29, 0.717) is 0 Å². The Morgan fingerprint density at radius 3 is 2.54 bits per heavy atom. The van der Waals surface area contributed by atoms with Crippen molar-refractivity contribution in [2.24, 2.45) is 0 Å². The molecule has 1 aromatic rings. The summed E-state index contributed by atoms with van der Waals surface area (Å²) in [7, 11) is 0. The molecular weight excluding hydrogens is 160 g/mol. The first-order valence-electron chi connectivity index (χ1n) is 4.73. The molecule has 0 saturated carbocycles. The van der Waals surface area contributed by atoms with E-state index in [1.807, 2.05) is 6.07 Å². The standard InChI is InChI=1S/C12H16O/c13-11-7-2-1-4-8-12-9-5-3-6-10-12/h1,3-6,9-10,13H,2,7-8,11H2/b4-1+. The highest BCUT2D eigenvalue weighted by atomic mass is 16.2. The molecule has 13 heavy (non-hydrogen) atoms. The maximum atomic E-state index is 8.55. The molecule has 1 nitrogen and oxygen atoms in total. The number of allylic oxidation sites excluding steroid dienone is 2. The van der Waals surface area contributed by atoms with E-state index in [4.69, 9.17) is 5.11 Å². The quantitative estimate of drug-likeness (QED) is 0.540. The van der Waals surface area contributed by atoms with Crippen molar-refractivity contribution in [3.8, 4) is 0 Å². The first kappa shape index (κ1) is 10.0. The van der Waals surface area contributed by atoms with Gasteiger partial charge in [-0.25, -0.2) is 0 Å². The average molecular weight is 176 g/mol. The number of hydrogen-bond acceptors (Lipinski definition) is 1. The first-order valence-corrected chi connectivity index (χ1v) is 4.73. The fraction of sp³-hybridized carbons (Fsp3) is 0.333. The van der Waals surface area contributed by atoms with E-state index in [2.05, 4.69) is 36.4 Å². The minimum Gasteiger partial charge on any atom is -0.396 e. The maximum Gasteiger partial charge on any atom is 0.0433 e. The fourth-order valence-corrected chi connectivity index (χ4v) is 1.16. The normalized spacial score (nSPS) is 10.8. The molecule has 0 saturated heterocycles. The summed E-state index contributed by atoms with van der Waals surface area (Å²) in [5, 5.41) is 8.55. The average Bonchev–Trinajstić information content (AvgIpc) is 2.19. The zero-order chi connectivity index (χ0) is 9.36. The number of unbranched alkanes of at least 4 members (excludes halogenated alkanes) is 1. The van der Waals surface area contributed by atoms with Crippen LogP contribution in [-0.2, 0) is 6.42 Å². The number of hydrogen-bond donors (Lipinski definition) is 1. The topological polar surface area (TPSA) is 20.2 Å². The second-order valence-electron chi connectivity index (χ2n) is 3.03. The Morgan fingerprint density at radius 1 is 1.08 bits per heavy atom. The monoisotopic (exact) mass is 176 g/mol. The van der Waals surface area contributed by atoms with Gasteiger partial charge in [0.2, 0.25) is 0 Å². The number of rotatable bonds is 5. The van der Waals surface area contributed by atoms with Crippen molar-refractivity contribution in [3.63, 3.8) is 0 Å². The summed E-state index contributed by atoms with van der Waals surface area (Å²) in [5.41, 5.74) is 1.34. The highest BCUT2D eigenvalue weighted by Crippen LogP contribution is 2.00. The molecular formula is C12H16O. The van der Waals surface area contributed by atoms with Crippen LogP contribution < -0.4 is 0 Å². The Labute approximate surface area is 79.7 Å². The summed E-state index contributed by atoms with van der Waals surface area (Å²) >= 11 is 0. The molecule has 1 heteroatoms. The molecule has 0 bridgehead atoms. The highest BCUT2D eigenvalue weighted by molar-refractivity contribution is 5.17. The van der Waals surface area contributed by atoms with E-state index >= 15 is 0 Å². The Balaban J connectivity index is 2.23. The van der Waals surface area contributed by atoms with Crippen LogP contribution in [0.5, 0.6) is 0 Å². The van der Waals surface area contributed by atoms with Gasteiger partial charge in [-0.05, 0) is 24.8 Å². The van der Waals surface area contributed by atoms with Crippen LogP contribution in [0.2, 0.25) is 0 Å². The van der Waals surface area contributed by atoms with Gasteiger partial charge < -0.3 is 5.11 Å². The molecule has 70 valence electrons. The van der Waals surface area contributed by atoms with Crippen molar-refractivity contribution in [1.82, 2.24) is 0 Å². The molecule has 0 amide bonds. The van der Waals surface area contributed by atoms with Gasteiger partial charge in [0.05, 0.1) is 0 Å². The Morgan fingerprint density at radius 2 is 1.85 bits per heavy atom. The predicted molar refractivity (Wildman–Crippen MR) is 55.6 cm³/mol. The van der Waals surface area contributed by atoms with Crippen molar-refractivity contribution in [1.29, 1.82) is 0 Å². The van der Waals surface area contributed by atoms with Crippen molar-refractivity contribution in [3.05, 3.63) is 48.0 Å². The van der Waals surface area contributed by atoms with Gasteiger partial charge in [0.1, 0.15) is 0 Å². The third kappa shape index (κ3) is 4.48. The summed E-state index contributed by atoms with van der Waals surface area (Å²) < 4.78 is 0. The van der Waals surface area contributed by atoms with E-state index in [-0.39, 0.29) is 6.61 Å². The number of benzene rings is 1. The second-order valence-corrected chi connectivity index (χ2v) is 3.03. The summed E-state index contributed by atoms with van der Waals surface area (Å²) in [6, 6.07) is 10.4. The molecule has 0 fully saturated rings. The lowest BCUT2D eigenvalue weighted by molar-refractivity contribution is 0.289. The van der Waals surface area contributed by atoms with Gasteiger partial charge in [0.25, 0.3) is 0 Å². The number of aliphatic hydroxyl groups excluding tert-OH is 1. The molecule has 1 rings (SSSR count). The van der Waals surface area contributed by atoms with Gasteiger partial charge in [0.15, 0.2) is 0 Å². The lowest BCUT2D eigenvalue weighted by atomic mass is 10.1. The molecule has 1 N–H and O–H groups in total. The molecule has 0 unspecified atom stereocenters. The van der Waals surface area contributed by atoms with Crippen LogP contribution in [0, 0.1) is 0 Å². The lowest BCUT2D eigenvalue weighted by Gasteiger charge is -1.94. The molecule has 0 aromatic heterocycles. The predicted octanol–water partition coefficient (Wildman–Crippen LogP) is 2.56. The second kappa shape index (κ2) is 6.44. The van der Waals surface area contributed by atoms with Crippen LogP contribution in [0.4, 0.5) is 0 Å². The summed E-state index contributed by atoms with van der Waals surface area (Å²) in [4.78, 5) is 0. The van der Waals surface area contributed by atoms with Gasteiger partial charge in [-0.3, -0.25) is 0 Å². The van der Waals surface area contributed by atoms with Crippen LogP contribution in [0.25, 0.3) is 0 Å². The van der Waals surface area contributed by atoms with Crippen molar-refractivity contribution >= 4 is 0 Å². The minimum absolute atomic E-state index is 0.287. The summed E-state index contributed by atoms with van der Waals surface area (Å²) in [5.74, 6) is 0. The third-order valence-corrected chi connectivity index (χ3v) is 1.89. The van der Waals surface area contributed by atoms with Crippen molar-refractivity contribution < 1.29 is 5.11 Å². The highest BCUT2D eigenvalue weighted by Gasteiger charge is 1.85. The lowest BCUT2D eigenvalue weighted by Crippen LogP contribution is -1.80. The SMILES string of the molecule is OCCC/C=C/Cc1ccccc1. The van der Waals surface area contributed by atoms with Gasteiger partial charge in [-0.2, -0.15) is 0 Å². The van der Waals surface area contributed by atoms with Crippen LogP contribution in [0.15, 0.2) is 42.5 Å². The van der Waals surface area contributed by atoms with Gasteiger partial charge >= 0.3 is 0 Å². The molecule has 0 aliphatic carbocycles. The smallest absolute Gasteiger partial charge is 0.0433 e. The van der Waals surface area contributed by atoms with E-state index in [1.165, 1.54) is 5.56 Å². The van der Waals surface area contributed by atoms with Crippen LogP contribution >= 0.6 is 0 Å². The molecule has 0 spiro atoms. The maximum absolute atomic E-state index is 8.55. The molecule has 0 atom stereocenters. The fourth-order valence-electron chi connectivity index (χ4n) is 1.16. The molecule has 0 aliphatic rings. The molecule has 0 radical (unpaired) electrons. The van der Waals surface area contributed by atoms with Gasteiger partial charge in [-0.1, -0.05) is 42.5 Å². The van der Waals surface area contributed by atoms with E-state index in [1.54, 1.807) is 0 Å².